The van der Waals surface area contributed by atoms with Gasteiger partial charge in [-0.1, -0.05) is 66.7 Å². The molecule has 0 aliphatic carbocycles. The van der Waals surface area contributed by atoms with Crippen LogP contribution in [0.2, 0.25) is 0 Å². The van der Waals surface area contributed by atoms with Crippen LogP contribution in [-0.2, 0) is 20.1 Å². The SMILES string of the molecule is Cc1c(-c2cccc3c(CCCOc4cccc5ccccc45)c(C(=O)O)[nH]c23)c(COc2ccccc2C#N)nn1C. The molecule has 0 amide bonds. The van der Waals surface area contributed by atoms with Crippen molar-refractivity contribution in [2.75, 3.05) is 6.61 Å². The number of nitrogens with zero attached hydrogens (tertiary/aromatic N) is 3. The van der Waals surface area contributed by atoms with E-state index in [9.17, 15) is 15.2 Å². The van der Waals surface area contributed by atoms with Crippen molar-refractivity contribution in [3.8, 4) is 28.7 Å². The van der Waals surface area contributed by atoms with E-state index in [2.05, 4.69) is 23.2 Å². The van der Waals surface area contributed by atoms with Crippen molar-refractivity contribution >= 4 is 27.6 Å². The first-order valence-corrected chi connectivity index (χ1v) is 14.1. The fourth-order valence-corrected chi connectivity index (χ4v) is 5.64. The summed E-state index contributed by atoms with van der Waals surface area (Å²) in [5, 5.41) is 27.3. The van der Waals surface area contributed by atoms with Crippen LogP contribution in [0.15, 0.2) is 84.9 Å². The molecule has 0 aliphatic rings. The topological polar surface area (TPSA) is 113 Å². The van der Waals surface area contributed by atoms with Crippen molar-refractivity contribution < 1.29 is 19.4 Å². The molecule has 0 unspecified atom stereocenters. The minimum absolute atomic E-state index is 0.150. The number of benzene rings is 4. The summed E-state index contributed by atoms with van der Waals surface area (Å²) in [6.07, 6.45) is 1.17. The van der Waals surface area contributed by atoms with Crippen LogP contribution in [0.5, 0.6) is 11.5 Å². The van der Waals surface area contributed by atoms with E-state index in [0.717, 1.165) is 49.8 Å². The molecule has 0 bridgehead atoms. The number of fused-ring (bicyclic) bond motifs is 2. The highest BCUT2D eigenvalue weighted by Crippen LogP contribution is 2.36. The number of aromatic carboxylic acids is 1. The minimum atomic E-state index is -1.01. The van der Waals surface area contributed by atoms with Crippen LogP contribution >= 0.6 is 0 Å². The number of aromatic nitrogens is 3. The molecule has 2 heterocycles. The first kappa shape index (κ1) is 27.6. The van der Waals surface area contributed by atoms with Crippen LogP contribution in [0.25, 0.3) is 32.8 Å². The van der Waals surface area contributed by atoms with Crippen LogP contribution in [0.4, 0.5) is 0 Å². The van der Waals surface area contributed by atoms with Gasteiger partial charge in [-0.3, -0.25) is 4.68 Å². The summed E-state index contributed by atoms with van der Waals surface area (Å²) in [7, 11) is 1.87. The second kappa shape index (κ2) is 11.7. The lowest BCUT2D eigenvalue weighted by Crippen LogP contribution is -2.04. The van der Waals surface area contributed by atoms with Gasteiger partial charge in [0.1, 0.15) is 35.6 Å². The van der Waals surface area contributed by atoms with Crippen molar-refractivity contribution in [3.63, 3.8) is 0 Å². The van der Waals surface area contributed by atoms with E-state index in [-0.39, 0.29) is 12.3 Å². The van der Waals surface area contributed by atoms with Crippen molar-refractivity contribution in [2.45, 2.75) is 26.4 Å². The minimum Gasteiger partial charge on any atom is -0.493 e. The van der Waals surface area contributed by atoms with E-state index in [1.165, 1.54) is 0 Å². The number of nitrogens with one attached hydrogen (secondary N) is 1. The Morgan fingerprint density at radius 1 is 0.953 bits per heavy atom. The fraction of sp³-hybridized carbons (Fsp3) is 0.171. The molecule has 0 spiro atoms. The number of hydrogen-bond donors (Lipinski definition) is 2. The molecule has 0 radical (unpaired) electrons. The number of H-pyrrole nitrogens is 1. The van der Waals surface area contributed by atoms with Crippen molar-refractivity contribution in [1.82, 2.24) is 14.8 Å². The van der Waals surface area contributed by atoms with Crippen LogP contribution in [0, 0.1) is 18.3 Å². The fourth-order valence-electron chi connectivity index (χ4n) is 5.64. The van der Waals surface area contributed by atoms with Crippen LogP contribution < -0.4 is 9.47 Å². The Balaban J connectivity index is 1.29. The summed E-state index contributed by atoms with van der Waals surface area (Å²) in [6, 6.07) is 29.2. The van der Waals surface area contributed by atoms with Crippen LogP contribution in [-0.4, -0.2) is 32.4 Å². The van der Waals surface area contributed by atoms with Crippen molar-refractivity contribution in [3.05, 3.63) is 113 Å². The lowest BCUT2D eigenvalue weighted by molar-refractivity contribution is 0.0690. The highest BCUT2D eigenvalue weighted by atomic mass is 16.5. The number of rotatable bonds is 10. The standard InChI is InChI=1S/C35H30N4O4/c1-22-32(29(38-39(22)2)21-43-30-17-6-4-11-24(30)20-36)28-15-8-14-26-27(34(35(40)41)37-33(26)28)16-9-19-42-31-18-7-12-23-10-3-5-13-25(23)31/h3-8,10-15,17-18,37H,9,16,19,21H2,1-2H3,(H,40,41). The Labute approximate surface area is 248 Å². The molecular formula is C35H30N4O4. The van der Waals surface area contributed by atoms with Gasteiger partial charge in [0.15, 0.2) is 0 Å². The highest BCUT2D eigenvalue weighted by Gasteiger charge is 2.23. The third-order valence-corrected chi connectivity index (χ3v) is 7.78. The molecule has 0 aliphatic heterocycles. The molecule has 8 nitrogen and oxygen atoms in total. The zero-order valence-corrected chi connectivity index (χ0v) is 23.9. The monoisotopic (exact) mass is 570 g/mol. The van der Waals surface area contributed by atoms with Gasteiger partial charge in [-0.05, 0) is 48.9 Å². The molecular weight excluding hydrogens is 540 g/mol. The molecule has 0 saturated heterocycles. The Bertz CT molecular complexity index is 2010. The molecule has 0 atom stereocenters. The number of ether oxygens (including phenoxy) is 2. The lowest BCUT2D eigenvalue weighted by atomic mass is 9.98. The summed E-state index contributed by atoms with van der Waals surface area (Å²) < 4.78 is 14.0. The van der Waals surface area contributed by atoms with E-state index >= 15 is 0 Å². The summed E-state index contributed by atoms with van der Waals surface area (Å²) >= 11 is 0. The van der Waals surface area contributed by atoms with E-state index in [1.54, 1.807) is 22.9 Å². The number of hydrogen-bond acceptors (Lipinski definition) is 5. The second-order valence-electron chi connectivity index (χ2n) is 10.4. The number of carbonyl (C=O) groups is 1. The normalized spacial score (nSPS) is 11.1. The average molecular weight is 571 g/mol. The Morgan fingerprint density at radius 2 is 1.67 bits per heavy atom. The average Bonchev–Trinajstić information content (AvgIpc) is 3.54. The summed E-state index contributed by atoms with van der Waals surface area (Å²) in [6.45, 7) is 2.57. The molecule has 43 heavy (non-hydrogen) atoms. The summed E-state index contributed by atoms with van der Waals surface area (Å²) in [5.74, 6) is 0.294. The van der Waals surface area contributed by atoms with Gasteiger partial charge in [0.05, 0.1) is 17.7 Å². The van der Waals surface area contributed by atoms with Gasteiger partial charge in [-0.15, -0.1) is 0 Å². The molecule has 2 aromatic heterocycles. The zero-order chi connectivity index (χ0) is 29.9. The molecule has 8 heteroatoms. The predicted octanol–water partition coefficient (Wildman–Crippen LogP) is 7.19. The molecule has 214 valence electrons. The Hall–Kier alpha value is -5.55. The van der Waals surface area contributed by atoms with Gasteiger partial charge < -0.3 is 19.6 Å². The first-order chi connectivity index (χ1) is 21.0. The Morgan fingerprint density at radius 3 is 2.51 bits per heavy atom. The molecule has 0 fully saturated rings. The van der Waals surface area contributed by atoms with Crippen LogP contribution in [0.3, 0.4) is 0 Å². The van der Waals surface area contributed by atoms with Gasteiger partial charge in [0.25, 0.3) is 0 Å². The maximum Gasteiger partial charge on any atom is 0.352 e. The molecule has 0 saturated carbocycles. The number of aryl methyl sites for hydroxylation is 2. The summed E-state index contributed by atoms with van der Waals surface area (Å²) in [5.41, 5.74) is 5.42. The number of carboxylic acid groups (broad SMARTS) is 1. The molecule has 4 aromatic carbocycles. The first-order valence-electron chi connectivity index (χ1n) is 14.1. The number of para-hydroxylation sites is 2. The van der Waals surface area contributed by atoms with Crippen molar-refractivity contribution in [1.29, 1.82) is 5.26 Å². The number of carboxylic acids is 1. The number of aromatic amines is 1. The van der Waals surface area contributed by atoms with Gasteiger partial charge in [0.2, 0.25) is 0 Å². The van der Waals surface area contributed by atoms with E-state index in [4.69, 9.17) is 14.6 Å². The molecule has 6 rings (SSSR count). The van der Waals surface area contributed by atoms with Gasteiger partial charge in [-0.25, -0.2) is 4.79 Å². The summed E-state index contributed by atoms with van der Waals surface area (Å²) in [4.78, 5) is 15.6. The van der Waals surface area contributed by atoms with Gasteiger partial charge >= 0.3 is 5.97 Å². The van der Waals surface area contributed by atoms with Crippen molar-refractivity contribution in [2.24, 2.45) is 7.05 Å². The quantitative estimate of drug-likeness (QED) is 0.169. The maximum atomic E-state index is 12.4. The maximum absolute atomic E-state index is 12.4. The van der Waals surface area contributed by atoms with E-state index in [0.29, 0.717) is 36.5 Å². The van der Waals surface area contributed by atoms with Crippen LogP contribution in [0.1, 0.15) is 39.4 Å². The number of nitriles is 1. The van der Waals surface area contributed by atoms with E-state index in [1.807, 2.05) is 68.6 Å². The second-order valence-corrected chi connectivity index (χ2v) is 10.4. The van der Waals surface area contributed by atoms with Gasteiger partial charge in [-0.2, -0.15) is 10.4 Å². The zero-order valence-electron chi connectivity index (χ0n) is 23.9. The third-order valence-electron chi connectivity index (χ3n) is 7.78. The smallest absolute Gasteiger partial charge is 0.352 e. The predicted molar refractivity (Wildman–Crippen MR) is 165 cm³/mol. The molecule has 6 aromatic rings. The van der Waals surface area contributed by atoms with Gasteiger partial charge in [0, 0.05) is 34.6 Å². The third kappa shape index (κ3) is 5.29. The lowest BCUT2D eigenvalue weighted by Gasteiger charge is -2.10. The molecule has 2 N–H and O–H groups in total. The van der Waals surface area contributed by atoms with E-state index < -0.39 is 5.97 Å². The Kier molecular flexibility index (Phi) is 7.54. The highest BCUT2D eigenvalue weighted by molar-refractivity contribution is 6.03. The largest absolute Gasteiger partial charge is 0.493 e.